The summed E-state index contributed by atoms with van der Waals surface area (Å²) in [6, 6.07) is 4.72. The number of aromatic nitrogens is 1. The normalized spacial score (nSPS) is 17.1. The average molecular weight is 271 g/mol. The first-order valence-corrected chi connectivity index (χ1v) is 5.98. The van der Waals surface area contributed by atoms with Crippen molar-refractivity contribution in [1.82, 2.24) is 10.5 Å². The zero-order chi connectivity index (χ0) is 13.5. The molecule has 1 saturated heterocycles. The second-order valence-electron chi connectivity index (χ2n) is 4.45. The van der Waals surface area contributed by atoms with Crippen LogP contribution in [0.5, 0.6) is 0 Å². The van der Waals surface area contributed by atoms with Crippen molar-refractivity contribution in [2.45, 2.75) is 6.18 Å². The van der Waals surface area contributed by atoms with Gasteiger partial charge in [-0.15, -0.1) is 0 Å². The van der Waals surface area contributed by atoms with Gasteiger partial charge in [-0.2, -0.15) is 13.2 Å². The minimum Gasteiger partial charge on any atom is -0.369 e. The van der Waals surface area contributed by atoms with Crippen molar-refractivity contribution >= 4 is 16.7 Å². The Hall–Kier alpha value is -1.76. The van der Waals surface area contributed by atoms with Gasteiger partial charge < -0.3 is 14.7 Å². The number of alkyl halides is 3. The summed E-state index contributed by atoms with van der Waals surface area (Å²) >= 11 is 0. The number of halogens is 3. The number of hydrogen-bond donors (Lipinski definition) is 1. The second kappa shape index (κ2) is 4.41. The Labute approximate surface area is 107 Å². The van der Waals surface area contributed by atoms with Gasteiger partial charge in [0.1, 0.15) is 0 Å². The SMILES string of the molecule is FC(F)(F)c1noc2cc(N3CCNCC3)ccc12. The minimum atomic E-state index is -4.48. The highest BCUT2D eigenvalue weighted by molar-refractivity contribution is 5.83. The molecular formula is C12H12F3N3O. The van der Waals surface area contributed by atoms with Crippen LogP contribution in [0.15, 0.2) is 22.7 Å². The Morgan fingerprint density at radius 3 is 2.63 bits per heavy atom. The Kier molecular flexibility index (Phi) is 2.85. The molecule has 0 radical (unpaired) electrons. The number of benzene rings is 1. The predicted octanol–water partition coefficient (Wildman–Crippen LogP) is 2.26. The molecule has 0 unspecified atom stereocenters. The second-order valence-corrected chi connectivity index (χ2v) is 4.45. The molecule has 0 amide bonds. The van der Waals surface area contributed by atoms with Crippen LogP contribution in [-0.2, 0) is 6.18 Å². The molecule has 2 aromatic rings. The molecule has 2 heterocycles. The third kappa shape index (κ3) is 2.25. The fraction of sp³-hybridized carbons (Fsp3) is 0.417. The maximum absolute atomic E-state index is 12.7. The molecular weight excluding hydrogens is 259 g/mol. The first-order valence-electron chi connectivity index (χ1n) is 5.98. The number of rotatable bonds is 1. The third-order valence-corrected chi connectivity index (χ3v) is 3.21. The largest absolute Gasteiger partial charge is 0.437 e. The summed E-state index contributed by atoms with van der Waals surface area (Å²) in [6.45, 7) is 3.38. The van der Waals surface area contributed by atoms with Gasteiger partial charge in [0.05, 0.1) is 5.39 Å². The molecule has 1 aromatic carbocycles. The Morgan fingerprint density at radius 1 is 1.21 bits per heavy atom. The summed E-state index contributed by atoms with van der Waals surface area (Å²) in [5, 5.41) is 6.35. The van der Waals surface area contributed by atoms with Crippen LogP contribution in [0.4, 0.5) is 18.9 Å². The predicted molar refractivity (Wildman–Crippen MR) is 64.1 cm³/mol. The van der Waals surface area contributed by atoms with Gasteiger partial charge in [0, 0.05) is 37.9 Å². The maximum atomic E-state index is 12.7. The molecule has 1 N–H and O–H groups in total. The maximum Gasteiger partial charge on any atom is 0.437 e. The van der Waals surface area contributed by atoms with Gasteiger partial charge in [0.25, 0.3) is 0 Å². The zero-order valence-electron chi connectivity index (χ0n) is 10.00. The molecule has 1 fully saturated rings. The molecule has 0 spiro atoms. The fourth-order valence-electron chi connectivity index (χ4n) is 2.25. The van der Waals surface area contributed by atoms with Crippen LogP contribution in [0.2, 0.25) is 0 Å². The minimum absolute atomic E-state index is 0.00591. The summed E-state index contributed by atoms with van der Waals surface area (Å²) in [5.41, 5.74) is 0.0663. The van der Waals surface area contributed by atoms with E-state index in [0.717, 1.165) is 31.9 Å². The molecule has 19 heavy (non-hydrogen) atoms. The van der Waals surface area contributed by atoms with E-state index in [1.165, 1.54) is 6.07 Å². The van der Waals surface area contributed by atoms with E-state index in [1.807, 2.05) is 0 Å². The van der Waals surface area contributed by atoms with Crippen LogP contribution in [0.25, 0.3) is 11.0 Å². The van der Waals surface area contributed by atoms with E-state index in [0.29, 0.717) is 0 Å². The van der Waals surface area contributed by atoms with Crippen LogP contribution in [-0.4, -0.2) is 31.3 Å². The van der Waals surface area contributed by atoms with E-state index in [2.05, 4.69) is 15.4 Å². The highest BCUT2D eigenvalue weighted by Crippen LogP contribution is 2.35. The van der Waals surface area contributed by atoms with E-state index >= 15 is 0 Å². The molecule has 4 nitrogen and oxygen atoms in total. The fourth-order valence-corrected chi connectivity index (χ4v) is 2.25. The number of nitrogens with zero attached hydrogens (tertiary/aromatic N) is 2. The van der Waals surface area contributed by atoms with Crippen molar-refractivity contribution in [3.63, 3.8) is 0 Å². The first-order chi connectivity index (χ1) is 9.05. The highest BCUT2D eigenvalue weighted by atomic mass is 19.4. The Morgan fingerprint density at radius 2 is 1.95 bits per heavy atom. The number of nitrogens with one attached hydrogen (secondary N) is 1. The standard InChI is InChI=1S/C12H12F3N3O/c13-12(14,15)11-9-2-1-8(7-10(9)19-17-11)18-5-3-16-4-6-18/h1-2,7,16H,3-6H2. The topological polar surface area (TPSA) is 41.3 Å². The molecule has 1 aliphatic heterocycles. The van der Waals surface area contributed by atoms with Crippen LogP contribution in [0.1, 0.15) is 5.69 Å². The van der Waals surface area contributed by atoms with Gasteiger partial charge in [-0.1, -0.05) is 5.16 Å². The molecule has 102 valence electrons. The van der Waals surface area contributed by atoms with Gasteiger partial charge in [-0.25, -0.2) is 0 Å². The van der Waals surface area contributed by atoms with Crippen molar-refractivity contribution in [2.75, 3.05) is 31.1 Å². The number of anilines is 1. The van der Waals surface area contributed by atoms with Crippen LogP contribution >= 0.6 is 0 Å². The Balaban J connectivity index is 1.98. The third-order valence-electron chi connectivity index (χ3n) is 3.21. The van der Waals surface area contributed by atoms with Gasteiger partial charge in [0.15, 0.2) is 11.3 Å². The van der Waals surface area contributed by atoms with Gasteiger partial charge in [-0.05, 0) is 12.1 Å². The lowest BCUT2D eigenvalue weighted by molar-refractivity contribution is -0.141. The smallest absolute Gasteiger partial charge is 0.369 e. The van der Waals surface area contributed by atoms with Crippen LogP contribution in [0.3, 0.4) is 0 Å². The average Bonchev–Trinajstić information content (AvgIpc) is 2.82. The summed E-state index contributed by atoms with van der Waals surface area (Å²) in [6.07, 6.45) is -4.48. The number of fused-ring (bicyclic) bond motifs is 1. The monoisotopic (exact) mass is 271 g/mol. The molecule has 7 heteroatoms. The van der Waals surface area contributed by atoms with E-state index < -0.39 is 11.9 Å². The van der Waals surface area contributed by atoms with Gasteiger partial charge in [-0.3, -0.25) is 0 Å². The van der Waals surface area contributed by atoms with Crippen LogP contribution < -0.4 is 10.2 Å². The summed E-state index contributed by atoms with van der Waals surface area (Å²) < 4.78 is 42.8. The number of hydrogen-bond acceptors (Lipinski definition) is 4. The first kappa shape index (κ1) is 12.3. The summed E-state index contributed by atoms with van der Waals surface area (Å²) in [5.74, 6) is 0. The molecule has 0 bridgehead atoms. The zero-order valence-corrected chi connectivity index (χ0v) is 10.00. The molecule has 1 aromatic heterocycles. The van der Waals surface area contributed by atoms with E-state index in [-0.39, 0.29) is 11.0 Å². The van der Waals surface area contributed by atoms with Crippen molar-refractivity contribution in [2.24, 2.45) is 0 Å². The van der Waals surface area contributed by atoms with Crippen molar-refractivity contribution in [3.8, 4) is 0 Å². The highest BCUT2D eigenvalue weighted by Gasteiger charge is 2.37. The van der Waals surface area contributed by atoms with Gasteiger partial charge in [0.2, 0.25) is 0 Å². The molecule has 0 atom stereocenters. The van der Waals surface area contributed by atoms with E-state index in [1.54, 1.807) is 12.1 Å². The molecule has 0 aliphatic carbocycles. The summed E-state index contributed by atoms with van der Waals surface area (Å²) in [7, 11) is 0. The van der Waals surface area contributed by atoms with Crippen LogP contribution in [0, 0.1) is 0 Å². The molecule has 1 aliphatic rings. The lowest BCUT2D eigenvalue weighted by Gasteiger charge is -2.29. The van der Waals surface area contributed by atoms with E-state index in [4.69, 9.17) is 4.52 Å². The van der Waals surface area contributed by atoms with Crippen molar-refractivity contribution in [3.05, 3.63) is 23.9 Å². The van der Waals surface area contributed by atoms with Gasteiger partial charge >= 0.3 is 6.18 Å². The quantitative estimate of drug-likeness (QED) is 0.863. The molecule has 3 rings (SSSR count). The molecule has 0 saturated carbocycles. The lowest BCUT2D eigenvalue weighted by atomic mass is 10.1. The summed E-state index contributed by atoms with van der Waals surface area (Å²) in [4.78, 5) is 2.10. The van der Waals surface area contributed by atoms with E-state index in [9.17, 15) is 13.2 Å². The lowest BCUT2D eigenvalue weighted by Crippen LogP contribution is -2.43. The number of piperazine rings is 1. The Bertz CT molecular complexity index is 587. The van der Waals surface area contributed by atoms with Crippen molar-refractivity contribution in [1.29, 1.82) is 0 Å². The van der Waals surface area contributed by atoms with Crippen molar-refractivity contribution < 1.29 is 17.7 Å².